The quantitative estimate of drug-likeness (QED) is 0.458. The molecule has 8 heavy (non-hydrogen) atoms. The van der Waals surface area contributed by atoms with Crippen molar-refractivity contribution in [1.82, 2.24) is 0 Å². The molecule has 1 aliphatic carbocycles. The van der Waals surface area contributed by atoms with Gasteiger partial charge in [-0.3, -0.25) is 0 Å². The van der Waals surface area contributed by atoms with Crippen LogP contribution in [0.1, 0.15) is 0 Å². The zero-order valence-corrected chi connectivity index (χ0v) is 4.20. The van der Waals surface area contributed by atoms with Crippen molar-refractivity contribution < 1.29 is 0 Å². The first-order chi connectivity index (χ1) is 3.81. The molecule has 2 N–H and O–H groups in total. The molecule has 0 aromatic rings. The highest BCUT2D eigenvalue weighted by molar-refractivity contribution is 5.20. The van der Waals surface area contributed by atoms with Gasteiger partial charge in [0.2, 0.25) is 0 Å². The lowest BCUT2D eigenvalue weighted by molar-refractivity contribution is 0.978. The Bertz CT molecular complexity index is 153. The van der Waals surface area contributed by atoms with Gasteiger partial charge >= 0.3 is 0 Å². The van der Waals surface area contributed by atoms with E-state index in [1.54, 1.807) is 0 Å². The molecule has 0 heterocycles. The maximum Gasteiger partial charge on any atom is 0.0801 e. The fourth-order valence-corrected chi connectivity index (χ4v) is 0.667. The van der Waals surface area contributed by atoms with Crippen LogP contribution < -0.4 is 5.73 Å². The van der Waals surface area contributed by atoms with Crippen molar-refractivity contribution in [2.24, 2.45) is 17.6 Å². The Morgan fingerprint density at radius 1 is 1.12 bits per heavy atom. The molecule has 0 bridgehead atoms. The van der Waals surface area contributed by atoms with E-state index in [9.17, 15) is 0 Å². The number of rotatable bonds is 0. The molecule has 0 spiro atoms. The lowest BCUT2D eigenvalue weighted by Gasteiger charge is -1.67. The van der Waals surface area contributed by atoms with Crippen molar-refractivity contribution in [2.75, 3.05) is 0 Å². The molecule has 3 atom stereocenters. The highest BCUT2D eigenvalue weighted by Gasteiger charge is 2.48. The van der Waals surface area contributed by atoms with Crippen molar-refractivity contribution in [3.63, 3.8) is 0 Å². The number of hydrogen-bond acceptors (Lipinski definition) is 3. The van der Waals surface area contributed by atoms with Crippen molar-refractivity contribution in [3.8, 4) is 12.1 Å². The minimum Gasteiger partial charge on any atom is -0.325 e. The second-order valence-electron chi connectivity index (χ2n) is 1.89. The molecule has 1 unspecified atom stereocenters. The molecule has 1 rings (SSSR count). The maximum absolute atomic E-state index is 8.20. The first-order valence-electron chi connectivity index (χ1n) is 2.36. The zero-order valence-electron chi connectivity index (χ0n) is 4.20. The second kappa shape index (κ2) is 1.47. The molecule has 0 aliphatic heterocycles. The third-order valence-electron chi connectivity index (χ3n) is 1.37. The average molecular weight is 107 g/mol. The SMILES string of the molecule is N#C[C@@H]1C(N)[C@@H]1C#N. The predicted molar refractivity (Wildman–Crippen MR) is 26.2 cm³/mol. The Balaban J connectivity index is 2.52. The van der Waals surface area contributed by atoms with Crippen molar-refractivity contribution in [1.29, 1.82) is 10.5 Å². The van der Waals surface area contributed by atoms with Crippen LogP contribution in [0.2, 0.25) is 0 Å². The summed E-state index contributed by atoms with van der Waals surface area (Å²) in [6.07, 6.45) is 0. The van der Waals surface area contributed by atoms with E-state index in [1.807, 2.05) is 12.1 Å². The summed E-state index contributed by atoms with van der Waals surface area (Å²) in [6, 6.07) is 3.71. The summed E-state index contributed by atoms with van der Waals surface area (Å²) < 4.78 is 0. The normalized spacial score (nSPS) is 42.1. The summed E-state index contributed by atoms with van der Waals surface area (Å²) >= 11 is 0. The minimum atomic E-state index is -0.194. The van der Waals surface area contributed by atoms with Crippen LogP contribution in [0.4, 0.5) is 0 Å². The molecule has 1 aliphatic rings. The third kappa shape index (κ3) is 0.458. The van der Waals surface area contributed by atoms with E-state index >= 15 is 0 Å². The van der Waals surface area contributed by atoms with Crippen molar-refractivity contribution >= 4 is 0 Å². The number of nitrogens with two attached hydrogens (primary N) is 1. The average Bonchev–Trinajstić information content (AvgIpc) is 2.40. The molecule has 40 valence electrons. The van der Waals surface area contributed by atoms with Gasteiger partial charge in [-0.2, -0.15) is 10.5 Å². The van der Waals surface area contributed by atoms with E-state index < -0.39 is 0 Å². The number of nitrogens with zero attached hydrogens (tertiary/aromatic N) is 2. The van der Waals surface area contributed by atoms with Crippen LogP contribution in [-0.2, 0) is 0 Å². The first kappa shape index (κ1) is 5.08. The fourth-order valence-electron chi connectivity index (χ4n) is 0.667. The van der Waals surface area contributed by atoms with E-state index in [4.69, 9.17) is 16.3 Å². The molecular formula is C5H5N3. The Labute approximate surface area is 47.3 Å². The van der Waals surface area contributed by atoms with Gasteiger partial charge in [0, 0.05) is 6.04 Å². The maximum atomic E-state index is 8.20. The molecule has 0 aromatic heterocycles. The molecular weight excluding hydrogens is 102 g/mol. The van der Waals surface area contributed by atoms with E-state index in [-0.39, 0.29) is 17.9 Å². The largest absolute Gasteiger partial charge is 0.325 e. The van der Waals surface area contributed by atoms with E-state index in [0.717, 1.165) is 0 Å². The summed E-state index contributed by atoms with van der Waals surface area (Å²) in [5, 5.41) is 16.4. The van der Waals surface area contributed by atoms with Gasteiger partial charge in [0.1, 0.15) is 0 Å². The van der Waals surface area contributed by atoms with Crippen LogP contribution in [0.5, 0.6) is 0 Å². The first-order valence-corrected chi connectivity index (χ1v) is 2.36. The zero-order chi connectivity index (χ0) is 6.15. The minimum absolute atomic E-state index is 0.176. The van der Waals surface area contributed by atoms with Crippen LogP contribution in [0.25, 0.3) is 0 Å². The van der Waals surface area contributed by atoms with Gasteiger partial charge in [0.25, 0.3) is 0 Å². The second-order valence-corrected chi connectivity index (χ2v) is 1.89. The molecule has 1 saturated carbocycles. The van der Waals surface area contributed by atoms with Crippen LogP contribution in [-0.4, -0.2) is 6.04 Å². The van der Waals surface area contributed by atoms with Gasteiger partial charge < -0.3 is 5.73 Å². The molecule has 0 amide bonds. The Morgan fingerprint density at radius 3 is 1.62 bits per heavy atom. The van der Waals surface area contributed by atoms with Gasteiger partial charge in [0.05, 0.1) is 24.0 Å². The van der Waals surface area contributed by atoms with Crippen LogP contribution >= 0.6 is 0 Å². The summed E-state index contributed by atoms with van der Waals surface area (Å²) in [4.78, 5) is 0. The molecule has 0 aromatic carbocycles. The van der Waals surface area contributed by atoms with Gasteiger partial charge in [-0.25, -0.2) is 0 Å². The predicted octanol–water partition coefficient (Wildman–Crippen LogP) is -0.393. The van der Waals surface area contributed by atoms with Gasteiger partial charge in [-0.05, 0) is 0 Å². The van der Waals surface area contributed by atoms with Gasteiger partial charge in [-0.1, -0.05) is 0 Å². The Kier molecular flexibility index (Phi) is 0.932. The van der Waals surface area contributed by atoms with Gasteiger partial charge in [0.15, 0.2) is 0 Å². The summed E-state index contributed by atoms with van der Waals surface area (Å²) in [5.41, 5.74) is 5.29. The highest BCUT2D eigenvalue weighted by Crippen LogP contribution is 2.35. The Hall–Kier alpha value is -1.06. The molecule has 3 nitrogen and oxygen atoms in total. The summed E-state index contributed by atoms with van der Waals surface area (Å²) in [6.45, 7) is 0. The molecule has 0 radical (unpaired) electrons. The molecule has 1 fully saturated rings. The van der Waals surface area contributed by atoms with Gasteiger partial charge in [-0.15, -0.1) is 0 Å². The van der Waals surface area contributed by atoms with E-state index in [1.165, 1.54) is 0 Å². The van der Waals surface area contributed by atoms with E-state index in [0.29, 0.717) is 0 Å². The van der Waals surface area contributed by atoms with Crippen molar-refractivity contribution in [2.45, 2.75) is 6.04 Å². The molecule has 3 heteroatoms. The number of nitriles is 2. The highest BCUT2D eigenvalue weighted by atomic mass is 14.8. The smallest absolute Gasteiger partial charge is 0.0801 e. The van der Waals surface area contributed by atoms with Crippen LogP contribution in [0.15, 0.2) is 0 Å². The Morgan fingerprint density at radius 2 is 1.50 bits per heavy atom. The van der Waals surface area contributed by atoms with Crippen molar-refractivity contribution in [3.05, 3.63) is 0 Å². The lowest BCUT2D eigenvalue weighted by atomic mass is 10.4. The summed E-state index contributed by atoms with van der Waals surface area (Å²) in [5.74, 6) is -0.389. The number of hydrogen-bond donors (Lipinski definition) is 1. The molecule has 0 saturated heterocycles. The van der Waals surface area contributed by atoms with E-state index in [2.05, 4.69) is 0 Å². The fraction of sp³-hybridized carbons (Fsp3) is 0.600. The van der Waals surface area contributed by atoms with Crippen LogP contribution in [0, 0.1) is 34.5 Å². The monoisotopic (exact) mass is 107 g/mol. The van der Waals surface area contributed by atoms with Crippen LogP contribution in [0.3, 0.4) is 0 Å². The summed E-state index contributed by atoms with van der Waals surface area (Å²) in [7, 11) is 0. The standard InChI is InChI=1S/C5H5N3/c6-1-3-4(2-7)5(3)8/h3-5H,8H2/t3-,4+,5?. The third-order valence-corrected chi connectivity index (χ3v) is 1.37. The topological polar surface area (TPSA) is 73.6 Å². The lowest BCUT2D eigenvalue weighted by Crippen LogP contribution is -2.02.